The number of hydrogen-bond donors (Lipinski definition) is 0. The van der Waals surface area contributed by atoms with Gasteiger partial charge in [0, 0.05) is 42.4 Å². The van der Waals surface area contributed by atoms with Crippen molar-refractivity contribution in [1.82, 2.24) is 20.1 Å². The lowest BCUT2D eigenvalue weighted by atomic mass is 9.96. The SMILES string of the molecule is c1ccc2ncc(N3CCC(c4nc(-c5ccncc5)no4)CC3)cc2c1. The summed E-state index contributed by atoms with van der Waals surface area (Å²) in [4.78, 5) is 15.6. The molecule has 0 saturated carbocycles. The van der Waals surface area contributed by atoms with Crippen molar-refractivity contribution in [3.63, 3.8) is 0 Å². The van der Waals surface area contributed by atoms with Crippen LogP contribution in [0, 0.1) is 0 Å². The molecular formula is C21H19N5O. The predicted octanol–water partition coefficient (Wildman–Crippen LogP) is 4.06. The molecule has 0 atom stereocenters. The van der Waals surface area contributed by atoms with E-state index in [1.165, 1.54) is 11.1 Å². The molecule has 3 aromatic heterocycles. The molecule has 1 saturated heterocycles. The first-order valence-corrected chi connectivity index (χ1v) is 9.20. The number of hydrogen-bond acceptors (Lipinski definition) is 6. The highest BCUT2D eigenvalue weighted by Gasteiger charge is 2.25. The molecule has 1 aliphatic rings. The van der Waals surface area contributed by atoms with Crippen molar-refractivity contribution < 1.29 is 4.52 Å². The Labute approximate surface area is 156 Å². The standard InChI is InChI=1S/C21H19N5O/c1-2-4-19-17(3-1)13-18(14-23-19)26-11-7-16(8-12-26)21-24-20(25-27-21)15-5-9-22-10-6-15/h1-6,9-10,13-14,16H,7-8,11-12H2. The van der Waals surface area contributed by atoms with Crippen molar-refractivity contribution >= 4 is 16.6 Å². The number of rotatable bonds is 3. The largest absolute Gasteiger partial charge is 0.370 e. The van der Waals surface area contributed by atoms with Crippen LogP contribution in [-0.4, -0.2) is 33.2 Å². The average Bonchev–Trinajstić information content (AvgIpc) is 3.24. The molecule has 0 aliphatic carbocycles. The first-order valence-electron chi connectivity index (χ1n) is 9.20. The third-order valence-corrected chi connectivity index (χ3v) is 5.17. The van der Waals surface area contributed by atoms with E-state index in [2.05, 4.69) is 43.2 Å². The first-order chi connectivity index (χ1) is 13.4. The van der Waals surface area contributed by atoms with Crippen LogP contribution in [0.1, 0.15) is 24.7 Å². The van der Waals surface area contributed by atoms with Crippen LogP contribution in [0.5, 0.6) is 0 Å². The molecule has 5 rings (SSSR count). The van der Waals surface area contributed by atoms with E-state index in [1.54, 1.807) is 12.4 Å². The van der Waals surface area contributed by atoms with Crippen LogP contribution < -0.4 is 4.90 Å². The minimum atomic E-state index is 0.303. The summed E-state index contributed by atoms with van der Waals surface area (Å²) in [5, 5.41) is 5.31. The molecule has 1 aromatic carbocycles. The van der Waals surface area contributed by atoms with Crippen molar-refractivity contribution in [1.29, 1.82) is 0 Å². The quantitative estimate of drug-likeness (QED) is 0.551. The van der Waals surface area contributed by atoms with Gasteiger partial charge >= 0.3 is 0 Å². The third kappa shape index (κ3) is 3.14. The van der Waals surface area contributed by atoms with Gasteiger partial charge < -0.3 is 9.42 Å². The van der Waals surface area contributed by atoms with Crippen molar-refractivity contribution in [2.24, 2.45) is 0 Å². The second-order valence-electron chi connectivity index (χ2n) is 6.84. The van der Waals surface area contributed by atoms with Crippen molar-refractivity contribution in [2.75, 3.05) is 18.0 Å². The van der Waals surface area contributed by atoms with Gasteiger partial charge in [-0.15, -0.1) is 0 Å². The molecule has 0 amide bonds. The summed E-state index contributed by atoms with van der Waals surface area (Å²) < 4.78 is 5.54. The molecule has 0 bridgehead atoms. The number of piperidine rings is 1. The highest BCUT2D eigenvalue weighted by Crippen LogP contribution is 2.31. The topological polar surface area (TPSA) is 67.9 Å². The number of benzene rings is 1. The fourth-order valence-electron chi connectivity index (χ4n) is 3.64. The molecule has 27 heavy (non-hydrogen) atoms. The summed E-state index contributed by atoms with van der Waals surface area (Å²) in [6.45, 7) is 1.91. The fourth-order valence-corrected chi connectivity index (χ4v) is 3.64. The number of nitrogens with zero attached hydrogens (tertiary/aromatic N) is 5. The summed E-state index contributed by atoms with van der Waals surface area (Å²) >= 11 is 0. The highest BCUT2D eigenvalue weighted by atomic mass is 16.5. The summed E-state index contributed by atoms with van der Waals surface area (Å²) in [6, 6.07) is 14.2. The van der Waals surface area contributed by atoms with Crippen LogP contribution in [0.25, 0.3) is 22.3 Å². The van der Waals surface area contributed by atoms with Crippen LogP contribution in [-0.2, 0) is 0 Å². The van der Waals surface area contributed by atoms with Gasteiger partial charge in [0.05, 0.1) is 17.4 Å². The zero-order valence-electron chi connectivity index (χ0n) is 14.8. The second kappa shape index (κ2) is 6.79. The predicted molar refractivity (Wildman–Crippen MR) is 103 cm³/mol. The van der Waals surface area contributed by atoms with E-state index in [0.717, 1.165) is 42.9 Å². The molecular weight excluding hydrogens is 338 g/mol. The van der Waals surface area contributed by atoms with Crippen LogP contribution in [0.3, 0.4) is 0 Å². The zero-order chi connectivity index (χ0) is 18.1. The number of aromatic nitrogens is 4. The molecule has 4 aromatic rings. The second-order valence-corrected chi connectivity index (χ2v) is 6.84. The van der Waals surface area contributed by atoms with Gasteiger partial charge in [0.15, 0.2) is 0 Å². The fraction of sp³-hybridized carbons (Fsp3) is 0.238. The molecule has 4 heterocycles. The van der Waals surface area contributed by atoms with Gasteiger partial charge in [0.1, 0.15) is 0 Å². The summed E-state index contributed by atoms with van der Waals surface area (Å²) in [5.74, 6) is 1.67. The van der Waals surface area contributed by atoms with Gasteiger partial charge in [0.2, 0.25) is 11.7 Å². The van der Waals surface area contributed by atoms with E-state index in [0.29, 0.717) is 11.7 Å². The Kier molecular flexibility index (Phi) is 4.01. The zero-order valence-corrected chi connectivity index (χ0v) is 14.8. The van der Waals surface area contributed by atoms with E-state index >= 15 is 0 Å². The molecule has 1 fully saturated rings. The Balaban J connectivity index is 1.29. The molecule has 6 heteroatoms. The van der Waals surface area contributed by atoms with E-state index in [4.69, 9.17) is 4.52 Å². The summed E-state index contributed by atoms with van der Waals surface area (Å²) in [6.07, 6.45) is 7.43. The number of fused-ring (bicyclic) bond motifs is 1. The number of anilines is 1. The Morgan fingerprint density at radius 1 is 1.00 bits per heavy atom. The number of para-hydroxylation sites is 1. The Bertz CT molecular complexity index is 1050. The van der Waals surface area contributed by atoms with Gasteiger partial charge in [-0.3, -0.25) is 9.97 Å². The van der Waals surface area contributed by atoms with E-state index in [1.807, 2.05) is 30.5 Å². The molecule has 0 spiro atoms. The van der Waals surface area contributed by atoms with Crippen molar-refractivity contribution in [3.8, 4) is 11.4 Å². The Hall–Kier alpha value is -3.28. The minimum Gasteiger partial charge on any atom is -0.370 e. The lowest BCUT2D eigenvalue weighted by molar-refractivity contribution is 0.329. The van der Waals surface area contributed by atoms with E-state index in [-0.39, 0.29) is 0 Å². The maximum absolute atomic E-state index is 5.54. The summed E-state index contributed by atoms with van der Waals surface area (Å²) in [7, 11) is 0. The van der Waals surface area contributed by atoms with Gasteiger partial charge in [0.25, 0.3) is 0 Å². The maximum Gasteiger partial charge on any atom is 0.230 e. The normalized spacial score (nSPS) is 15.3. The average molecular weight is 357 g/mol. The van der Waals surface area contributed by atoms with E-state index < -0.39 is 0 Å². The molecule has 0 unspecified atom stereocenters. The van der Waals surface area contributed by atoms with Crippen LogP contribution in [0.15, 0.2) is 65.6 Å². The van der Waals surface area contributed by atoms with E-state index in [9.17, 15) is 0 Å². The van der Waals surface area contributed by atoms with Crippen LogP contribution >= 0.6 is 0 Å². The minimum absolute atomic E-state index is 0.303. The van der Waals surface area contributed by atoms with Gasteiger partial charge in [-0.1, -0.05) is 23.4 Å². The highest BCUT2D eigenvalue weighted by molar-refractivity contribution is 5.81. The monoisotopic (exact) mass is 357 g/mol. The lowest BCUT2D eigenvalue weighted by Crippen LogP contribution is -2.33. The van der Waals surface area contributed by atoms with Crippen LogP contribution in [0.4, 0.5) is 5.69 Å². The molecule has 0 radical (unpaired) electrons. The molecule has 134 valence electrons. The Morgan fingerprint density at radius 2 is 1.81 bits per heavy atom. The van der Waals surface area contributed by atoms with Gasteiger partial charge in [-0.05, 0) is 37.1 Å². The number of pyridine rings is 2. The molecule has 1 aliphatic heterocycles. The molecule has 6 nitrogen and oxygen atoms in total. The first kappa shape index (κ1) is 15.9. The van der Waals surface area contributed by atoms with Crippen molar-refractivity contribution in [2.45, 2.75) is 18.8 Å². The summed E-state index contributed by atoms with van der Waals surface area (Å²) in [5.41, 5.74) is 3.14. The maximum atomic E-state index is 5.54. The lowest BCUT2D eigenvalue weighted by Gasteiger charge is -2.32. The Morgan fingerprint density at radius 3 is 2.67 bits per heavy atom. The molecule has 0 N–H and O–H groups in total. The third-order valence-electron chi connectivity index (χ3n) is 5.17. The van der Waals surface area contributed by atoms with Crippen molar-refractivity contribution in [3.05, 3.63) is 66.9 Å². The van der Waals surface area contributed by atoms with Gasteiger partial charge in [-0.2, -0.15) is 4.98 Å². The van der Waals surface area contributed by atoms with Crippen LogP contribution in [0.2, 0.25) is 0 Å². The van der Waals surface area contributed by atoms with Gasteiger partial charge in [-0.25, -0.2) is 0 Å². The smallest absolute Gasteiger partial charge is 0.230 e.